The number of benzene rings is 1. The maximum Gasteiger partial charge on any atom is 0.433 e. The minimum Gasteiger partial charge on any atom is -0.389 e. The van der Waals surface area contributed by atoms with Crippen molar-refractivity contribution in [1.82, 2.24) is 4.98 Å². The predicted octanol–water partition coefficient (Wildman–Crippen LogP) is 4.53. The number of nitrogens with two attached hydrogens (primary N) is 1. The van der Waals surface area contributed by atoms with E-state index in [1.165, 1.54) is 19.1 Å². The van der Waals surface area contributed by atoms with Crippen molar-refractivity contribution in [1.29, 1.82) is 0 Å². The highest BCUT2D eigenvalue weighted by molar-refractivity contribution is 6.36. The van der Waals surface area contributed by atoms with Gasteiger partial charge in [-0.2, -0.15) is 13.2 Å². The fraction of sp³-hybridized carbons (Fsp3) is 0.238. The van der Waals surface area contributed by atoms with Crippen LogP contribution >= 0.6 is 11.6 Å². The Morgan fingerprint density at radius 3 is 2.47 bits per heavy atom. The van der Waals surface area contributed by atoms with E-state index in [0.29, 0.717) is 6.07 Å². The number of amides is 1. The number of aliphatic hydroxyl groups excluding tert-OH is 1. The van der Waals surface area contributed by atoms with E-state index in [1.807, 2.05) is 0 Å². The largest absolute Gasteiger partial charge is 0.433 e. The summed E-state index contributed by atoms with van der Waals surface area (Å²) in [7, 11) is 0. The number of rotatable bonds is 4. The standard InChI is InChI=1S/C21H17ClF5N3O2/c1-10(31)16-17(11-2-4-12(23)5-3-11)20(24,28)9-14(18(16)22)19(32)30-13-6-7-29-15(8-13)21(25,26)27/h2-8,10,31H,9,28H2,1H3,(H,29,30,32). The molecule has 1 amide bonds. The van der Waals surface area contributed by atoms with Gasteiger partial charge >= 0.3 is 6.18 Å². The first-order valence-electron chi connectivity index (χ1n) is 9.21. The average molecular weight is 474 g/mol. The molecular formula is C21H17ClF5N3O2. The second kappa shape index (κ2) is 8.61. The molecule has 1 heterocycles. The zero-order valence-electron chi connectivity index (χ0n) is 16.5. The molecule has 3 rings (SSSR count). The van der Waals surface area contributed by atoms with E-state index in [2.05, 4.69) is 10.3 Å². The summed E-state index contributed by atoms with van der Waals surface area (Å²) >= 11 is 6.32. The van der Waals surface area contributed by atoms with E-state index < -0.39 is 41.9 Å². The highest BCUT2D eigenvalue weighted by Crippen LogP contribution is 2.45. The molecule has 1 aromatic heterocycles. The van der Waals surface area contributed by atoms with Crippen LogP contribution in [0, 0.1) is 5.82 Å². The van der Waals surface area contributed by atoms with Crippen LogP contribution in [0.4, 0.5) is 27.6 Å². The molecular weight excluding hydrogens is 457 g/mol. The van der Waals surface area contributed by atoms with Gasteiger partial charge < -0.3 is 10.4 Å². The Kier molecular flexibility index (Phi) is 6.41. The van der Waals surface area contributed by atoms with Gasteiger partial charge in [0, 0.05) is 35.0 Å². The molecule has 0 radical (unpaired) electrons. The number of carbonyl (C=O) groups excluding carboxylic acids is 1. The Morgan fingerprint density at radius 1 is 1.28 bits per heavy atom. The molecule has 5 nitrogen and oxygen atoms in total. The van der Waals surface area contributed by atoms with E-state index in [-0.39, 0.29) is 33.0 Å². The Hall–Kier alpha value is -2.82. The van der Waals surface area contributed by atoms with Gasteiger partial charge in [-0.25, -0.2) is 8.78 Å². The molecule has 1 aliphatic rings. The molecule has 0 spiro atoms. The van der Waals surface area contributed by atoms with E-state index in [4.69, 9.17) is 17.3 Å². The smallest absolute Gasteiger partial charge is 0.389 e. The number of halogens is 6. The van der Waals surface area contributed by atoms with Gasteiger partial charge in [-0.15, -0.1) is 0 Å². The first-order chi connectivity index (χ1) is 14.8. The topological polar surface area (TPSA) is 88.2 Å². The van der Waals surface area contributed by atoms with Crippen LogP contribution < -0.4 is 11.1 Å². The number of nitrogens with one attached hydrogen (secondary N) is 1. The van der Waals surface area contributed by atoms with E-state index in [0.717, 1.165) is 24.4 Å². The third-order valence-electron chi connectivity index (χ3n) is 4.75. The molecule has 170 valence electrons. The number of pyridine rings is 1. The minimum absolute atomic E-state index is 0.147. The monoisotopic (exact) mass is 473 g/mol. The molecule has 0 aliphatic heterocycles. The lowest BCUT2D eigenvalue weighted by Crippen LogP contribution is -2.42. The number of alkyl halides is 4. The molecule has 2 atom stereocenters. The van der Waals surface area contributed by atoms with Crippen molar-refractivity contribution >= 4 is 28.8 Å². The quantitative estimate of drug-likeness (QED) is 0.449. The molecule has 1 aromatic carbocycles. The van der Waals surface area contributed by atoms with Gasteiger partial charge in [-0.3, -0.25) is 15.5 Å². The van der Waals surface area contributed by atoms with Crippen LogP contribution in [-0.2, 0) is 11.0 Å². The zero-order chi connectivity index (χ0) is 23.8. The fourth-order valence-electron chi connectivity index (χ4n) is 3.37. The molecule has 0 fully saturated rings. The number of anilines is 1. The van der Waals surface area contributed by atoms with Gasteiger partial charge in [0.05, 0.1) is 11.1 Å². The molecule has 0 bridgehead atoms. The number of hydrogen-bond donors (Lipinski definition) is 3. The lowest BCUT2D eigenvalue weighted by Gasteiger charge is -2.34. The summed E-state index contributed by atoms with van der Waals surface area (Å²) in [5.74, 6) is -4.27. The lowest BCUT2D eigenvalue weighted by molar-refractivity contribution is -0.141. The fourth-order valence-corrected chi connectivity index (χ4v) is 3.78. The van der Waals surface area contributed by atoms with Crippen molar-refractivity contribution in [2.75, 3.05) is 5.32 Å². The van der Waals surface area contributed by atoms with Crippen LogP contribution in [0.5, 0.6) is 0 Å². The molecule has 11 heteroatoms. The third kappa shape index (κ3) is 4.82. The average Bonchev–Trinajstić information content (AvgIpc) is 2.69. The summed E-state index contributed by atoms with van der Waals surface area (Å²) in [4.78, 5) is 15.9. The molecule has 0 saturated heterocycles. The minimum atomic E-state index is -4.74. The van der Waals surface area contributed by atoms with Crippen molar-refractivity contribution < 1.29 is 31.9 Å². The first-order valence-corrected chi connectivity index (χ1v) is 9.59. The van der Waals surface area contributed by atoms with Crippen molar-refractivity contribution in [2.24, 2.45) is 5.73 Å². The van der Waals surface area contributed by atoms with Crippen molar-refractivity contribution in [3.8, 4) is 0 Å². The van der Waals surface area contributed by atoms with Gasteiger partial charge in [0.2, 0.25) is 0 Å². The van der Waals surface area contributed by atoms with Crippen molar-refractivity contribution in [2.45, 2.75) is 31.4 Å². The maximum absolute atomic E-state index is 15.6. The van der Waals surface area contributed by atoms with E-state index >= 15 is 4.39 Å². The Balaban J connectivity index is 2.05. The zero-order valence-corrected chi connectivity index (χ0v) is 17.2. The van der Waals surface area contributed by atoms with E-state index in [9.17, 15) is 27.5 Å². The molecule has 4 N–H and O–H groups in total. The van der Waals surface area contributed by atoms with Crippen molar-refractivity contribution in [3.05, 3.63) is 75.8 Å². The van der Waals surface area contributed by atoms with Crippen LogP contribution in [0.25, 0.3) is 5.57 Å². The first kappa shape index (κ1) is 23.8. The van der Waals surface area contributed by atoms with Gasteiger partial charge in [0.1, 0.15) is 11.5 Å². The molecule has 0 saturated carbocycles. The van der Waals surface area contributed by atoms with E-state index in [1.54, 1.807) is 0 Å². The maximum atomic E-state index is 15.6. The summed E-state index contributed by atoms with van der Waals surface area (Å²) < 4.78 is 67.5. The summed E-state index contributed by atoms with van der Waals surface area (Å²) in [5.41, 5.74) is 3.70. The number of aromatic nitrogens is 1. The number of nitrogens with zero attached hydrogens (tertiary/aromatic N) is 1. The van der Waals surface area contributed by atoms with Crippen LogP contribution in [0.2, 0.25) is 0 Å². The molecule has 2 unspecified atom stereocenters. The second-order valence-corrected chi connectivity index (χ2v) is 7.56. The van der Waals surface area contributed by atoms with Gasteiger partial charge in [0.15, 0.2) is 5.79 Å². The summed E-state index contributed by atoms with van der Waals surface area (Å²) in [6.07, 6.45) is -5.99. The molecule has 1 aliphatic carbocycles. The normalized spacial score (nSPS) is 20.4. The number of aliphatic hydroxyl groups is 1. The van der Waals surface area contributed by atoms with Crippen LogP contribution in [0.3, 0.4) is 0 Å². The Labute approximate surface area is 184 Å². The van der Waals surface area contributed by atoms with Gasteiger partial charge in [-0.1, -0.05) is 23.7 Å². The number of carbonyl (C=O) groups is 1. The molecule has 32 heavy (non-hydrogen) atoms. The highest BCUT2D eigenvalue weighted by Gasteiger charge is 2.43. The second-order valence-electron chi connectivity index (χ2n) is 7.18. The van der Waals surface area contributed by atoms with Crippen molar-refractivity contribution in [3.63, 3.8) is 0 Å². The van der Waals surface area contributed by atoms with Gasteiger partial charge in [-0.05, 0) is 36.8 Å². The van der Waals surface area contributed by atoms with Crippen LogP contribution in [0.1, 0.15) is 24.6 Å². The van der Waals surface area contributed by atoms with Gasteiger partial charge in [0.25, 0.3) is 5.91 Å². The SMILES string of the molecule is CC(O)C1=C(c2ccc(F)cc2)C(N)(F)CC(C(=O)Nc2ccnc(C(F)(F)F)c2)=C1Cl. The summed E-state index contributed by atoms with van der Waals surface area (Å²) in [5, 5.41) is 12.2. The Morgan fingerprint density at radius 2 is 1.91 bits per heavy atom. The highest BCUT2D eigenvalue weighted by atomic mass is 35.5. The lowest BCUT2D eigenvalue weighted by atomic mass is 9.80. The predicted molar refractivity (Wildman–Crippen MR) is 108 cm³/mol. The Bertz CT molecular complexity index is 1110. The number of hydrogen-bond acceptors (Lipinski definition) is 4. The summed E-state index contributed by atoms with van der Waals surface area (Å²) in [6, 6.07) is 6.36. The summed E-state index contributed by atoms with van der Waals surface area (Å²) in [6.45, 7) is 1.27. The van der Waals surface area contributed by atoms with Crippen LogP contribution in [-0.4, -0.2) is 27.9 Å². The molecule has 2 aromatic rings. The third-order valence-corrected chi connectivity index (χ3v) is 5.19. The van der Waals surface area contributed by atoms with Crippen LogP contribution in [0.15, 0.2) is 58.8 Å².